The van der Waals surface area contributed by atoms with Gasteiger partial charge >= 0.3 is 0 Å². The molecule has 1 N–H and O–H groups in total. The summed E-state index contributed by atoms with van der Waals surface area (Å²) in [7, 11) is 1.64. The number of rotatable bonds is 5. The summed E-state index contributed by atoms with van der Waals surface area (Å²) >= 11 is 0. The number of halogens is 2. The SMILES string of the molecule is COc1ccccc1N1CCN(CC(=O)Nc2c(F)cccc2F)CC1. The molecule has 2 aromatic rings. The lowest BCUT2D eigenvalue weighted by molar-refractivity contribution is -0.117. The number of anilines is 2. The minimum atomic E-state index is -0.778. The zero-order valence-corrected chi connectivity index (χ0v) is 14.5. The van der Waals surface area contributed by atoms with Crippen molar-refractivity contribution in [3.63, 3.8) is 0 Å². The van der Waals surface area contributed by atoms with Crippen molar-refractivity contribution < 1.29 is 18.3 Å². The second-order valence-corrected chi connectivity index (χ2v) is 6.08. The first kappa shape index (κ1) is 18.1. The Bertz CT molecular complexity index is 757. The van der Waals surface area contributed by atoms with Crippen LogP contribution in [0.3, 0.4) is 0 Å². The van der Waals surface area contributed by atoms with E-state index in [0.717, 1.165) is 36.7 Å². The van der Waals surface area contributed by atoms with Crippen LogP contribution in [0.4, 0.5) is 20.2 Å². The van der Waals surface area contributed by atoms with Gasteiger partial charge in [0.05, 0.1) is 19.3 Å². The van der Waals surface area contributed by atoms with E-state index in [9.17, 15) is 13.6 Å². The minimum absolute atomic E-state index is 0.0908. The Morgan fingerprint density at radius 3 is 2.35 bits per heavy atom. The van der Waals surface area contributed by atoms with Crippen molar-refractivity contribution >= 4 is 17.3 Å². The van der Waals surface area contributed by atoms with E-state index in [0.29, 0.717) is 13.1 Å². The first-order valence-electron chi connectivity index (χ1n) is 8.42. The number of carbonyl (C=O) groups excluding carboxylic acids is 1. The molecule has 1 fully saturated rings. The van der Waals surface area contributed by atoms with Gasteiger partial charge in [-0.2, -0.15) is 0 Å². The molecule has 0 aliphatic carbocycles. The molecule has 7 heteroatoms. The Morgan fingerprint density at radius 1 is 1.04 bits per heavy atom. The lowest BCUT2D eigenvalue weighted by Gasteiger charge is -2.36. The molecule has 1 heterocycles. The molecule has 26 heavy (non-hydrogen) atoms. The summed E-state index contributed by atoms with van der Waals surface area (Å²) in [5.74, 6) is -1.17. The van der Waals surface area contributed by atoms with E-state index in [1.165, 1.54) is 6.07 Å². The van der Waals surface area contributed by atoms with Gasteiger partial charge in [0.15, 0.2) is 0 Å². The number of methoxy groups -OCH3 is 1. The molecule has 138 valence electrons. The van der Waals surface area contributed by atoms with Gasteiger partial charge in [-0.25, -0.2) is 8.78 Å². The molecule has 0 saturated carbocycles. The van der Waals surface area contributed by atoms with Gasteiger partial charge in [-0.3, -0.25) is 9.69 Å². The molecule has 5 nitrogen and oxygen atoms in total. The highest BCUT2D eigenvalue weighted by molar-refractivity contribution is 5.92. The second kappa shape index (κ2) is 8.14. The standard InChI is InChI=1S/C19H21F2N3O2/c1-26-17-8-3-2-7-16(17)24-11-9-23(10-12-24)13-18(25)22-19-14(20)5-4-6-15(19)21/h2-8H,9-13H2,1H3,(H,22,25). The summed E-state index contributed by atoms with van der Waals surface area (Å²) in [4.78, 5) is 16.3. The third-order valence-electron chi connectivity index (χ3n) is 4.39. The van der Waals surface area contributed by atoms with Crippen LogP contribution in [0.15, 0.2) is 42.5 Å². The molecule has 0 radical (unpaired) electrons. The maximum absolute atomic E-state index is 13.6. The molecule has 0 spiro atoms. The van der Waals surface area contributed by atoms with Crippen LogP contribution in [0.1, 0.15) is 0 Å². The number of para-hydroxylation sites is 3. The third kappa shape index (κ3) is 4.11. The van der Waals surface area contributed by atoms with Crippen LogP contribution in [0.25, 0.3) is 0 Å². The van der Waals surface area contributed by atoms with Gasteiger partial charge in [-0.15, -0.1) is 0 Å². The fraction of sp³-hybridized carbons (Fsp3) is 0.316. The quantitative estimate of drug-likeness (QED) is 0.890. The number of carbonyl (C=O) groups is 1. The number of nitrogens with one attached hydrogen (secondary N) is 1. The highest BCUT2D eigenvalue weighted by atomic mass is 19.1. The molecular weight excluding hydrogens is 340 g/mol. The Balaban J connectivity index is 1.55. The Kier molecular flexibility index (Phi) is 5.68. The maximum Gasteiger partial charge on any atom is 0.238 e. The first-order valence-corrected chi connectivity index (χ1v) is 8.42. The summed E-state index contributed by atoms with van der Waals surface area (Å²) in [5, 5.41) is 2.32. The van der Waals surface area contributed by atoms with E-state index in [2.05, 4.69) is 10.2 Å². The minimum Gasteiger partial charge on any atom is -0.495 e. The summed E-state index contributed by atoms with van der Waals surface area (Å²) in [6.45, 7) is 2.91. The van der Waals surface area contributed by atoms with Crippen molar-refractivity contribution in [2.24, 2.45) is 0 Å². The van der Waals surface area contributed by atoms with Gasteiger partial charge in [0, 0.05) is 26.2 Å². The molecule has 1 aliphatic rings. The van der Waals surface area contributed by atoms with Crippen molar-refractivity contribution in [3.05, 3.63) is 54.1 Å². The van der Waals surface area contributed by atoms with E-state index >= 15 is 0 Å². The number of nitrogens with zero attached hydrogens (tertiary/aromatic N) is 2. The van der Waals surface area contributed by atoms with Crippen molar-refractivity contribution in [1.29, 1.82) is 0 Å². The fourth-order valence-corrected chi connectivity index (χ4v) is 3.04. The van der Waals surface area contributed by atoms with Crippen molar-refractivity contribution in [3.8, 4) is 5.75 Å². The molecule has 0 atom stereocenters. The zero-order chi connectivity index (χ0) is 18.5. The van der Waals surface area contributed by atoms with E-state index in [1.807, 2.05) is 29.2 Å². The van der Waals surface area contributed by atoms with Gasteiger partial charge in [0.1, 0.15) is 23.1 Å². The summed E-state index contributed by atoms with van der Waals surface area (Å²) < 4.78 is 32.6. The highest BCUT2D eigenvalue weighted by Crippen LogP contribution is 2.28. The van der Waals surface area contributed by atoms with E-state index in [-0.39, 0.29) is 6.54 Å². The topological polar surface area (TPSA) is 44.8 Å². The van der Waals surface area contributed by atoms with Crippen molar-refractivity contribution in [2.45, 2.75) is 0 Å². The molecule has 1 aliphatic heterocycles. The zero-order valence-electron chi connectivity index (χ0n) is 14.5. The van der Waals surface area contributed by atoms with Crippen LogP contribution in [0.5, 0.6) is 5.75 Å². The Morgan fingerprint density at radius 2 is 1.69 bits per heavy atom. The maximum atomic E-state index is 13.6. The monoisotopic (exact) mass is 361 g/mol. The number of hydrogen-bond donors (Lipinski definition) is 1. The van der Waals surface area contributed by atoms with E-state index in [1.54, 1.807) is 7.11 Å². The summed E-state index contributed by atoms with van der Waals surface area (Å²) in [6, 6.07) is 11.3. The second-order valence-electron chi connectivity index (χ2n) is 6.08. The van der Waals surface area contributed by atoms with Gasteiger partial charge in [0.2, 0.25) is 5.91 Å². The fourth-order valence-electron chi connectivity index (χ4n) is 3.04. The average molecular weight is 361 g/mol. The molecule has 0 aromatic heterocycles. The van der Waals surface area contributed by atoms with Crippen LogP contribution < -0.4 is 15.0 Å². The lowest BCUT2D eigenvalue weighted by atomic mass is 10.2. The molecule has 0 unspecified atom stereocenters. The summed E-state index contributed by atoms with van der Waals surface area (Å²) in [6.07, 6.45) is 0. The summed E-state index contributed by atoms with van der Waals surface area (Å²) in [5.41, 5.74) is 0.623. The lowest BCUT2D eigenvalue weighted by Crippen LogP contribution is -2.48. The Labute approximate surface area is 151 Å². The molecule has 2 aromatic carbocycles. The number of ether oxygens (including phenoxy) is 1. The van der Waals surface area contributed by atoms with Crippen LogP contribution in [-0.2, 0) is 4.79 Å². The van der Waals surface area contributed by atoms with E-state index < -0.39 is 23.2 Å². The molecule has 1 amide bonds. The van der Waals surface area contributed by atoms with E-state index in [4.69, 9.17) is 4.74 Å². The number of hydrogen-bond acceptors (Lipinski definition) is 4. The van der Waals surface area contributed by atoms with Gasteiger partial charge in [0.25, 0.3) is 0 Å². The van der Waals surface area contributed by atoms with Crippen LogP contribution in [0.2, 0.25) is 0 Å². The average Bonchev–Trinajstić information content (AvgIpc) is 2.65. The molecular formula is C19H21F2N3O2. The first-order chi connectivity index (χ1) is 12.6. The van der Waals surface area contributed by atoms with Crippen molar-refractivity contribution in [1.82, 2.24) is 4.90 Å². The molecule has 0 bridgehead atoms. The van der Waals surface area contributed by atoms with Crippen LogP contribution in [-0.4, -0.2) is 50.6 Å². The normalized spacial score (nSPS) is 15.0. The smallest absolute Gasteiger partial charge is 0.238 e. The highest BCUT2D eigenvalue weighted by Gasteiger charge is 2.22. The third-order valence-corrected chi connectivity index (χ3v) is 4.39. The number of piperazine rings is 1. The van der Waals surface area contributed by atoms with Gasteiger partial charge in [-0.1, -0.05) is 18.2 Å². The van der Waals surface area contributed by atoms with Crippen LogP contribution in [0, 0.1) is 11.6 Å². The van der Waals surface area contributed by atoms with Gasteiger partial charge < -0.3 is 15.0 Å². The predicted molar refractivity (Wildman–Crippen MR) is 96.6 cm³/mol. The van der Waals surface area contributed by atoms with Gasteiger partial charge in [-0.05, 0) is 24.3 Å². The largest absolute Gasteiger partial charge is 0.495 e. The number of benzene rings is 2. The number of amides is 1. The predicted octanol–water partition coefficient (Wildman–Crippen LogP) is 2.73. The van der Waals surface area contributed by atoms with Crippen LogP contribution >= 0.6 is 0 Å². The molecule has 1 saturated heterocycles. The molecule has 3 rings (SSSR count). The Hall–Kier alpha value is -2.67. The van der Waals surface area contributed by atoms with Crippen molar-refractivity contribution in [2.75, 3.05) is 50.1 Å².